The number of ether oxygens (including phenoxy) is 1. The van der Waals surface area contributed by atoms with Gasteiger partial charge in [0.15, 0.2) is 11.5 Å². The lowest BCUT2D eigenvalue weighted by molar-refractivity contribution is 0.101. The molecule has 4 rings (SSSR count). The second kappa shape index (κ2) is 6.29. The summed E-state index contributed by atoms with van der Waals surface area (Å²) in [7, 11) is 0. The molecule has 0 aliphatic carbocycles. The summed E-state index contributed by atoms with van der Waals surface area (Å²) in [5.41, 5.74) is 2.20. The fourth-order valence-corrected chi connectivity index (χ4v) is 3.38. The van der Waals surface area contributed by atoms with Crippen LogP contribution in [0.5, 0.6) is 5.75 Å². The third-order valence-corrected chi connectivity index (χ3v) is 4.90. The molecule has 25 heavy (non-hydrogen) atoms. The number of hydrogen-bond acceptors (Lipinski definition) is 7. The summed E-state index contributed by atoms with van der Waals surface area (Å²) in [5.74, 6) is 1.07. The molecular weight excluding hydrogens is 340 g/mol. The molecule has 1 aromatic carbocycles. The van der Waals surface area contributed by atoms with E-state index in [9.17, 15) is 4.79 Å². The van der Waals surface area contributed by atoms with Crippen molar-refractivity contribution in [3.63, 3.8) is 0 Å². The van der Waals surface area contributed by atoms with E-state index in [1.54, 1.807) is 6.07 Å². The number of rotatable bonds is 4. The average Bonchev–Trinajstić information content (AvgIpc) is 3.32. The Balaban J connectivity index is 1.52. The van der Waals surface area contributed by atoms with Crippen LogP contribution >= 0.6 is 11.3 Å². The predicted octanol–water partition coefficient (Wildman–Crippen LogP) is 3.33. The molecule has 128 valence electrons. The van der Waals surface area contributed by atoms with Gasteiger partial charge >= 0.3 is 0 Å². The zero-order valence-electron chi connectivity index (χ0n) is 13.8. The van der Waals surface area contributed by atoms with Gasteiger partial charge < -0.3 is 9.26 Å². The molecule has 0 fully saturated rings. The number of aryl methyl sites for hydroxylation is 1. The van der Waals surface area contributed by atoms with Gasteiger partial charge in [-0.2, -0.15) is 0 Å². The van der Waals surface area contributed by atoms with Crippen LogP contribution in [0, 0.1) is 0 Å². The number of aromatic nitrogens is 3. The minimum atomic E-state index is -0.369. The maximum atomic E-state index is 12.3. The van der Waals surface area contributed by atoms with E-state index in [2.05, 4.69) is 20.7 Å². The molecule has 0 spiro atoms. The van der Waals surface area contributed by atoms with Crippen molar-refractivity contribution < 1.29 is 14.1 Å². The second-order valence-corrected chi connectivity index (χ2v) is 6.90. The highest BCUT2D eigenvalue weighted by Gasteiger charge is 2.21. The van der Waals surface area contributed by atoms with E-state index in [0.717, 1.165) is 34.7 Å². The molecule has 0 saturated heterocycles. The molecule has 7 nitrogen and oxygen atoms in total. The number of hydrogen-bond donors (Lipinski definition) is 1. The first-order valence-corrected chi connectivity index (χ1v) is 8.84. The summed E-state index contributed by atoms with van der Waals surface area (Å²) < 4.78 is 11.0. The van der Waals surface area contributed by atoms with E-state index in [0.29, 0.717) is 10.9 Å². The number of fused-ring (bicyclic) bond motifs is 1. The van der Waals surface area contributed by atoms with E-state index >= 15 is 0 Å². The Morgan fingerprint density at radius 1 is 1.36 bits per heavy atom. The Morgan fingerprint density at radius 2 is 2.24 bits per heavy atom. The summed E-state index contributed by atoms with van der Waals surface area (Å²) >= 11 is 1.35. The second-order valence-electron chi connectivity index (χ2n) is 5.84. The van der Waals surface area contributed by atoms with Gasteiger partial charge in [-0.15, -0.1) is 10.2 Å². The van der Waals surface area contributed by atoms with E-state index in [4.69, 9.17) is 9.26 Å². The third-order valence-electron chi connectivity index (χ3n) is 3.91. The van der Waals surface area contributed by atoms with Crippen LogP contribution in [-0.2, 0) is 12.8 Å². The van der Waals surface area contributed by atoms with Crippen molar-refractivity contribution in [3.8, 4) is 17.1 Å². The number of nitrogens with one attached hydrogen (secondary N) is 1. The zero-order valence-corrected chi connectivity index (χ0v) is 14.6. The molecule has 1 N–H and O–H groups in total. The summed E-state index contributed by atoms with van der Waals surface area (Å²) in [6, 6.07) is 7.46. The number of carbonyl (C=O) groups excluding carboxylic acids is 1. The number of nitrogens with zero attached hydrogens (tertiary/aromatic N) is 3. The quantitative estimate of drug-likeness (QED) is 0.771. The first kappa shape index (κ1) is 15.8. The largest absolute Gasteiger partial charge is 0.490 e. The third kappa shape index (κ3) is 3.12. The summed E-state index contributed by atoms with van der Waals surface area (Å²) in [4.78, 5) is 12.3. The van der Waals surface area contributed by atoms with Gasteiger partial charge in [-0.25, -0.2) is 0 Å². The highest BCUT2D eigenvalue weighted by Crippen LogP contribution is 2.33. The predicted molar refractivity (Wildman–Crippen MR) is 93.0 cm³/mol. The molecule has 1 aliphatic heterocycles. The van der Waals surface area contributed by atoms with Crippen LogP contribution in [-0.4, -0.2) is 27.4 Å². The van der Waals surface area contributed by atoms with Crippen molar-refractivity contribution in [1.29, 1.82) is 0 Å². The molecular formula is C17H16N4O3S. The molecule has 1 aliphatic rings. The summed E-state index contributed by atoms with van der Waals surface area (Å²) in [5, 5.41) is 15.8. The van der Waals surface area contributed by atoms with Crippen LogP contribution in [0.2, 0.25) is 0 Å². The van der Waals surface area contributed by atoms with Crippen molar-refractivity contribution in [2.45, 2.75) is 32.8 Å². The van der Waals surface area contributed by atoms with Crippen molar-refractivity contribution in [2.75, 3.05) is 5.32 Å². The first-order valence-electron chi connectivity index (χ1n) is 8.02. The number of amides is 1. The van der Waals surface area contributed by atoms with Gasteiger partial charge in [-0.3, -0.25) is 10.1 Å². The Hall–Kier alpha value is -2.74. The Kier molecular flexibility index (Phi) is 3.96. The molecule has 1 amide bonds. The number of benzene rings is 1. The summed E-state index contributed by atoms with van der Waals surface area (Å²) in [6.45, 7) is 4.02. The van der Waals surface area contributed by atoms with Gasteiger partial charge in [-0.05, 0) is 37.1 Å². The molecule has 1 atom stereocenters. The van der Waals surface area contributed by atoms with Crippen LogP contribution in [0.3, 0.4) is 0 Å². The Labute approximate surface area is 148 Å². The van der Waals surface area contributed by atoms with Crippen LogP contribution in [0.4, 0.5) is 5.13 Å². The molecule has 0 radical (unpaired) electrons. The van der Waals surface area contributed by atoms with E-state index < -0.39 is 0 Å². The van der Waals surface area contributed by atoms with Gasteiger partial charge in [0.2, 0.25) is 5.13 Å². The van der Waals surface area contributed by atoms with Crippen LogP contribution in [0.15, 0.2) is 28.8 Å². The summed E-state index contributed by atoms with van der Waals surface area (Å²) in [6.07, 6.45) is 1.82. The molecule has 8 heteroatoms. The number of carbonyl (C=O) groups is 1. The van der Waals surface area contributed by atoms with Gasteiger partial charge in [0.05, 0.1) is 0 Å². The lowest BCUT2D eigenvalue weighted by Gasteiger charge is -2.02. The van der Waals surface area contributed by atoms with Crippen LogP contribution in [0.1, 0.15) is 34.9 Å². The Bertz CT molecular complexity index is 934. The first-order chi connectivity index (χ1) is 12.1. The molecule has 0 bridgehead atoms. The molecule has 1 unspecified atom stereocenters. The van der Waals surface area contributed by atoms with Crippen LogP contribution < -0.4 is 10.1 Å². The maximum absolute atomic E-state index is 12.3. The zero-order chi connectivity index (χ0) is 17.4. The van der Waals surface area contributed by atoms with E-state index in [1.807, 2.05) is 32.0 Å². The molecule has 3 aromatic rings. The van der Waals surface area contributed by atoms with Crippen molar-refractivity contribution in [3.05, 3.63) is 40.5 Å². The smallest absolute Gasteiger partial charge is 0.279 e. The van der Waals surface area contributed by atoms with Gasteiger partial charge in [0, 0.05) is 18.1 Å². The monoisotopic (exact) mass is 356 g/mol. The van der Waals surface area contributed by atoms with Crippen molar-refractivity contribution >= 4 is 22.4 Å². The van der Waals surface area contributed by atoms with Gasteiger partial charge in [-0.1, -0.05) is 23.4 Å². The van der Waals surface area contributed by atoms with Crippen molar-refractivity contribution in [1.82, 2.24) is 15.4 Å². The fraction of sp³-hybridized carbons (Fsp3) is 0.294. The van der Waals surface area contributed by atoms with Crippen LogP contribution in [0.25, 0.3) is 11.3 Å². The standard InChI is InChI=1S/C17H16N4O3S/c1-3-15-19-20-17(25-15)18-16(22)12-8-14(24-21-12)10-4-5-13-11(7-10)6-9(2)23-13/h4-5,7-9H,3,6H2,1-2H3,(H,18,20,22). The molecule has 2 aromatic heterocycles. The van der Waals surface area contributed by atoms with Gasteiger partial charge in [0.25, 0.3) is 5.91 Å². The van der Waals surface area contributed by atoms with Gasteiger partial charge in [0.1, 0.15) is 16.9 Å². The average molecular weight is 356 g/mol. The maximum Gasteiger partial charge on any atom is 0.279 e. The molecule has 0 saturated carbocycles. The topological polar surface area (TPSA) is 90.1 Å². The SMILES string of the molecule is CCc1nnc(NC(=O)c2cc(-c3ccc4c(c3)CC(C)O4)on2)s1. The number of anilines is 1. The fourth-order valence-electron chi connectivity index (χ4n) is 2.70. The highest BCUT2D eigenvalue weighted by atomic mass is 32.1. The lowest BCUT2D eigenvalue weighted by atomic mass is 10.1. The van der Waals surface area contributed by atoms with Crippen molar-refractivity contribution in [2.24, 2.45) is 0 Å². The Morgan fingerprint density at radius 3 is 3.04 bits per heavy atom. The minimum absolute atomic E-state index is 0.182. The van der Waals surface area contributed by atoms with E-state index in [-0.39, 0.29) is 17.7 Å². The van der Waals surface area contributed by atoms with E-state index in [1.165, 1.54) is 11.3 Å². The normalized spacial score (nSPS) is 15.7. The lowest BCUT2D eigenvalue weighted by Crippen LogP contribution is -2.11. The highest BCUT2D eigenvalue weighted by molar-refractivity contribution is 7.15. The minimum Gasteiger partial charge on any atom is -0.490 e. The molecule has 3 heterocycles.